The lowest BCUT2D eigenvalue weighted by Crippen LogP contribution is -2.26. The van der Waals surface area contributed by atoms with Crippen LogP contribution in [0.5, 0.6) is 0 Å². The van der Waals surface area contributed by atoms with Crippen molar-refractivity contribution < 1.29 is 9.21 Å². The molecular weight excluding hydrogens is 352 g/mol. The molecule has 0 fully saturated rings. The van der Waals surface area contributed by atoms with Crippen LogP contribution in [0.2, 0.25) is 0 Å². The zero-order chi connectivity index (χ0) is 20.3. The normalized spacial score (nSPS) is 11.4. The third kappa shape index (κ3) is 4.21. The van der Waals surface area contributed by atoms with Crippen LogP contribution in [-0.2, 0) is 13.0 Å². The molecule has 0 aromatic carbocycles. The number of carbonyl (C=O) groups excluding carboxylic acids is 1. The van der Waals surface area contributed by atoms with E-state index in [2.05, 4.69) is 32.7 Å². The van der Waals surface area contributed by atoms with Crippen LogP contribution in [0.25, 0.3) is 5.65 Å². The number of amides is 1. The molecule has 0 saturated carbocycles. The topological polar surface area (TPSA) is 54.0 Å². The molecule has 3 heterocycles. The maximum atomic E-state index is 12.9. The van der Waals surface area contributed by atoms with Gasteiger partial charge in [0, 0.05) is 26.8 Å². The zero-order valence-electron chi connectivity index (χ0n) is 17.5. The predicted molar refractivity (Wildman–Crippen MR) is 112 cm³/mol. The Morgan fingerprint density at radius 2 is 2.04 bits per heavy atom. The van der Waals surface area contributed by atoms with Crippen LogP contribution in [0.3, 0.4) is 0 Å². The average Bonchev–Trinajstić information content (AvgIpc) is 3.31. The van der Waals surface area contributed by atoms with Gasteiger partial charge in [-0.2, -0.15) is 0 Å². The average molecular weight is 383 g/mol. The van der Waals surface area contributed by atoms with E-state index in [9.17, 15) is 4.79 Å². The van der Waals surface area contributed by atoms with Gasteiger partial charge >= 0.3 is 0 Å². The van der Waals surface area contributed by atoms with Crippen molar-refractivity contribution in [2.24, 2.45) is 5.92 Å². The summed E-state index contributed by atoms with van der Waals surface area (Å²) in [5, 5.41) is 0. The van der Waals surface area contributed by atoms with Gasteiger partial charge < -0.3 is 14.2 Å². The molecule has 0 bridgehead atoms. The molecule has 3 aromatic heterocycles. The molecular formula is C22H30N4O2. The number of anilines is 1. The third-order valence-electron chi connectivity index (χ3n) is 4.97. The first-order valence-corrected chi connectivity index (χ1v) is 9.90. The van der Waals surface area contributed by atoms with E-state index in [1.807, 2.05) is 34.9 Å². The highest BCUT2D eigenvalue weighted by Gasteiger charge is 2.19. The molecule has 0 unspecified atom stereocenters. The van der Waals surface area contributed by atoms with Gasteiger partial charge in [0.1, 0.15) is 17.2 Å². The molecule has 28 heavy (non-hydrogen) atoms. The Labute approximate surface area is 166 Å². The molecule has 150 valence electrons. The Kier molecular flexibility index (Phi) is 6.07. The van der Waals surface area contributed by atoms with E-state index in [4.69, 9.17) is 9.40 Å². The van der Waals surface area contributed by atoms with Crippen LogP contribution in [0, 0.1) is 5.92 Å². The Morgan fingerprint density at radius 1 is 1.25 bits per heavy atom. The standard InChI is InChI=1S/C22H30N4O2/c1-6-19-21(24(4)12-11-16(2)3)26-14-17(9-10-20(26)23-19)22(27)25(5)15-18-8-7-13-28-18/h7-10,13-14,16H,6,11-12,15H2,1-5H3. The predicted octanol–water partition coefficient (Wildman–Crippen LogP) is 4.24. The number of hydrogen-bond acceptors (Lipinski definition) is 4. The van der Waals surface area contributed by atoms with E-state index in [1.165, 1.54) is 0 Å². The summed E-state index contributed by atoms with van der Waals surface area (Å²) < 4.78 is 7.41. The van der Waals surface area contributed by atoms with Gasteiger partial charge in [-0.05, 0) is 43.0 Å². The van der Waals surface area contributed by atoms with Crippen LogP contribution < -0.4 is 4.90 Å². The lowest BCUT2D eigenvalue weighted by Gasteiger charge is -2.21. The molecule has 0 atom stereocenters. The van der Waals surface area contributed by atoms with Crippen LogP contribution >= 0.6 is 0 Å². The van der Waals surface area contributed by atoms with Crippen molar-refractivity contribution in [1.29, 1.82) is 0 Å². The summed E-state index contributed by atoms with van der Waals surface area (Å²) in [6.45, 7) is 7.97. The Morgan fingerprint density at radius 3 is 2.68 bits per heavy atom. The summed E-state index contributed by atoms with van der Waals surface area (Å²) in [6, 6.07) is 7.47. The van der Waals surface area contributed by atoms with Crippen LogP contribution in [0.15, 0.2) is 41.1 Å². The molecule has 0 aliphatic rings. The van der Waals surface area contributed by atoms with Crippen molar-refractivity contribution in [1.82, 2.24) is 14.3 Å². The second-order valence-corrected chi connectivity index (χ2v) is 7.73. The molecule has 6 heteroatoms. The summed E-state index contributed by atoms with van der Waals surface area (Å²) in [6.07, 6.45) is 5.49. The SMILES string of the molecule is CCc1nc2ccc(C(=O)N(C)Cc3ccco3)cn2c1N(C)CCC(C)C. The van der Waals surface area contributed by atoms with Crippen LogP contribution in [0.4, 0.5) is 5.82 Å². The summed E-state index contributed by atoms with van der Waals surface area (Å²) in [4.78, 5) is 21.6. The number of nitrogens with zero attached hydrogens (tertiary/aromatic N) is 4. The highest BCUT2D eigenvalue weighted by molar-refractivity contribution is 5.94. The summed E-state index contributed by atoms with van der Waals surface area (Å²) in [5.74, 6) is 2.43. The van der Waals surface area contributed by atoms with Gasteiger partial charge in [-0.1, -0.05) is 20.8 Å². The molecule has 3 rings (SSSR count). The third-order valence-corrected chi connectivity index (χ3v) is 4.97. The molecule has 0 aliphatic heterocycles. The van der Waals surface area contributed by atoms with Gasteiger partial charge in [0.15, 0.2) is 0 Å². The van der Waals surface area contributed by atoms with Gasteiger partial charge in [0.2, 0.25) is 0 Å². The number of carbonyl (C=O) groups is 1. The molecule has 3 aromatic rings. The number of hydrogen-bond donors (Lipinski definition) is 0. The lowest BCUT2D eigenvalue weighted by molar-refractivity contribution is 0.0775. The second kappa shape index (κ2) is 8.50. The quantitative estimate of drug-likeness (QED) is 0.585. The molecule has 0 saturated heterocycles. The summed E-state index contributed by atoms with van der Waals surface area (Å²) in [7, 11) is 3.89. The van der Waals surface area contributed by atoms with Crippen molar-refractivity contribution in [3.63, 3.8) is 0 Å². The minimum Gasteiger partial charge on any atom is -0.467 e. The van der Waals surface area contributed by atoms with Gasteiger partial charge in [-0.3, -0.25) is 9.20 Å². The largest absolute Gasteiger partial charge is 0.467 e. The number of aromatic nitrogens is 2. The second-order valence-electron chi connectivity index (χ2n) is 7.73. The van der Waals surface area contributed by atoms with E-state index >= 15 is 0 Å². The highest BCUT2D eigenvalue weighted by Crippen LogP contribution is 2.24. The first-order valence-electron chi connectivity index (χ1n) is 9.90. The van der Waals surface area contributed by atoms with Crippen molar-refractivity contribution >= 4 is 17.4 Å². The number of furan rings is 1. The summed E-state index contributed by atoms with van der Waals surface area (Å²) >= 11 is 0. The Balaban J connectivity index is 1.90. The first-order chi connectivity index (χ1) is 13.4. The number of pyridine rings is 1. The zero-order valence-corrected chi connectivity index (χ0v) is 17.5. The molecule has 0 aliphatic carbocycles. The molecule has 0 spiro atoms. The molecule has 6 nitrogen and oxygen atoms in total. The van der Waals surface area contributed by atoms with E-state index in [-0.39, 0.29) is 5.91 Å². The van der Waals surface area contributed by atoms with Crippen molar-refractivity contribution in [3.05, 3.63) is 53.7 Å². The van der Waals surface area contributed by atoms with E-state index < -0.39 is 0 Å². The number of aryl methyl sites for hydroxylation is 1. The highest BCUT2D eigenvalue weighted by atomic mass is 16.3. The monoisotopic (exact) mass is 382 g/mol. The smallest absolute Gasteiger partial charge is 0.255 e. The van der Waals surface area contributed by atoms with Gasteiger partial charge in [0.25, 0.3) is 5.91 Å². The minimum absolute atomic E-state index is 0.0409. The number of fused-ring (bicyclic) bond motifs is 1. The van der Waals surface area contributed by atoms with Crippen LogP contribution in [0.1, 0.15) is 49.0 Å². The molecule has 0 N–H and O–H groups in total. The van der Waals surface area contributed by atoms with E-state index in [0.717, 1.165) is 42.3 Å². The first kappa shape index (κ1) is 20.0. The van der Waals surface area contributed by atoms with Crippen LogP contribution in [-0.4, -0.2) is 40.8 Å². The fourth-order valence-corrected chi connectivity index (χ4v) is 3.34. The van der Waals surface area contributed by atoms with Gasteiger partial charge in [-0.15, -0.1) is 0 Å². The fraction of sp³-hybridized carbons (Fsp3) is 0.455. The van der Waals surface area contributed by atoms with Gasteiger partial charge in [0.05, 0.1) is 24.1 Å². The van der Waals surface area contributed by atoms with Crippen molar-refractivity contribution in [2.45, 2.75) is 40.2 Å². The number of imidazole rings is 1. The van der Waals surface area contributed by atoms with Gasteiger partial charge in [-0.25, -0.2) is 4.98 Å². The Bertz CT molecular complexity index is 928. The Hall–Kier alpha value is -2.76. The van der Waals surface area contributed by atoms with E-state index in [1.54, 1.807) is 18.2 Å². The minimum atomic E-state index is -0.0409. The van der Waals surface area contributed by atoms with Crippen molar-refractivity contribution in [2.75, 3.05) is 25.5 Å². The maximum absolute atomic E-state index is 12.9. The maximum Gasteiger partial charge on any atom is 0.255 e. The molecule has 1 amide bonds. The van der Waals surface area contributed by atoms with Crippen molar-refractivity contribution in [3.8, 4) is 0 Å². The molecule has 0 radical (unpaired) electrons. The number of rotatable bonds is 8. The summed E-state index contributed by atoms with van der Waals surface area (Å²) in [5.41, 5.74) is 2.56. The lowest BCUT2D eigenvalue weighted by atomic mass is 10.1. The van der Waals surface area contributed by atoms with E-state index in [0.29, 0.717) is 18.0 Å². The fourth-order valence-electron chi connectivity index (χ4n) is 3.34.